The lowest BCUT2D eigenvalue weighted by Gasteiger charge is -2.11. The topological polar surface area (TPSA) is 72.1 Å². The van der Waals surface area contributed by atoms with Gasteiger partial charge in [-0.25, -0.2) is 0 Å². The second-order valence-electron chi connectivity index (χ2n) is 6.67. The van der Waals surface area contributed by atoms with Crippen LogP contribution in [0, 0.1) is 17.2 Å². The number of nitriles is 1. The fourth-order valence-corrected chi connectivity index (χ4v) is 2.70. The number of aromatic nitrogens is 1. The van der Waals surface area contributed by atoms with Crippen molar-refractivity contribution in [1.82, 2.24) is 4.57 Å². The highest BCUT2D eigenvalue weighted by Crippen LogP contribution is 2.22. The number of esters is 1. The average molecular weight is 352 g/mol. The summed E-state index contributed by atoms with van der Waals surface area (Å²) in [5.41, 5.74) is 2.37. The highest BCUT2D eigenvalue weighted by Gasteiger charge is 2.12. The van der Waals surface area contributed by atoms with E-state index in [9.17, 15) is 14.9 Å². The van der Waals surface area contributed by atoms with Gasteiger partial charge < -0.3 is 9.30 Å². The molecule has 1 aromatic heterocycles. The van der Waals surface area contributed by atoms with Crippen molar-refractivity contribution >= 4 is 5.97 Å². The van der Waals surface area contributed by atoms with Gasteiger partial charge in [0.2, 0.25) is 0 Å². The predicted octanol–water partition coefficient (Wildman–Crippen LogP) is 3.54. The van der Waals surface area contributed by atoms with Crippen molar-refractivity contribution in [3.63, 3.8) is 0 Å². The molecule has 0 spiro atoms. The third-order valence-corrected chi connectivity index (χ3v) is 4.33. The number of methoxy groups -OCH3 is 1. The molecule has 0 fully saturated rings. The molecule has 0 radical (unpaired) electrons. The molecule has 5 nitrogen and oxygen atoms in total. The van der Waals surface area contributed by atoms with Crippen LogP contribution in [0.4, 0.5) is 0 Å². The number of ether oxygens (including phenoxy) is 1. The van der Waals surface area contributed by atoms with Gasteiger partial charge in [-0.1, -0.05) is 38.1 Å². The number of benzene rings is 1. The zero-order valence-electron chi connectivity index (χ0n) is 15.5. The number of carbonyl (C=O) groups is 1. The minimum absolute atomic E-state index is 0.165. The molecule has 0 saturated carbocycles. The van der Waals surface area contributed by atoms with E-state index in [0.29, 0.717) is 30.9 Å². The van der Waals surface area contributed by atoms with Gasteiger partial charge in [-0.05, 0) is 36.0 Å². The van der Waals surface area contributed by atoms with E-state index in [0.717, 1.165) is 17.5 Å². The van der Waals surface area contributed by atoms with Crippen molar-refractivity contribution in [3.05, 3.63) is 58.0 Å². The van der Waals surface area contributed by atoms with Gasteiger partial charge in [-0.2, -0.15) is 5.26 Å². The van der Waals surface area contributed by atoms with Crippen LogP contribution in [0.1, 0.15) is 37.8 Å². The average Bonchev–Trinajstić information content (AvgIpc) is 2.65. The fourth-order valence-electron chi connectivity index (χ4n) is 2.70. The van der Waals surface area contributed by atoms with Crippen molar-refractivity contribution in [2.24, 2.45) is 5.92 Å². The van der Waals surface area contributed by atoms with Gasteiger partial charge in [-0.15, -0.1) is 0 Å². The van der Waals surface area contributed by atoms with E-state index >= 15 is 0 Å². The third-order valence-electron chi connectivity index (χ3n) is 4.33. The molecular formula is C21H24N2O3. The summed E-state index contributed by atoms with van der Waals surface area (Å²) in [6.45, 7) is 4.82. The summed E-state index contributed by atoms with van der Waals surface area (Å²) in [7, 11) is 1.37. The number of carbonyl (C=O) groups excluding carboxylic acids is 1. The molecule has 0 saturated heterocycles. The molecule has 1 aromatic carbocycles. The monoisotopic (exact) mass is 352 g/mol. The smallest absolute Gasteiger partial charge is 0.305 e. The van der Waals surface area contributed by atoms with Crippen LogP contribution < -0.4 is 5.56 Å². The molecule has 0 amide bonds. The SMILES string of the molecule is COC(=O)CCc1ccc(-c2ccn(CCC(C)C)c(=O)c2C#N)cc1. The molecule has 5 heteroatoms. The molecule has 0 atom stereocenters. The molecular weight excluding hydrogens is 328 g/mol. The van der Waals surface area contributed by atoms with Crippen molar-refractivity contribution in [1.29, 1.82) is 5.26 Å². The van der Waals surface area contributed by atoms with Gasteiger partial charge in [0, 0.05) is 24.7 Å². The molecule has 0 aliphatic rings. The Morgan fingerprint density at radius 1 is 1.23 bits per heavy atom. The predicted molar refractivity (Wildman–Crippen MR) is 101 cm³/mol. The van der Waals surface area contributed by atoms with E-state index in [1.54, 1.807) is 10.8 Å². The Morgan fingerprint density at radius 3 is 2.50 bits per heavy atom. The summed E-state index contributed by atoms with van der Waals surface area (Å²) >= 11 is 0. The molecule has 2 rings (SSSR count). The van der Waals surface area contributed by atoms with E-state index in [2.05, 4.69) is 24.7 Å². The number of pyridine rings is 1. The van der Waals surface area contributed by atoms with E-state index < -0.39 is 0 Å². The Labute approximate surface area is 153 Å². The van der Waals surface area contributed by atoms with Crippen LogP contribution in [0.2, 0.25) is 0 Å². The van der Waals surface area contributed by atoms with Crippen molar-refractivity contribution < 1.29 is 9.53 Å². The molecule has 0 bridgehead atoms. The molecule has 0 aliphatic heterocycles. The Balaban J connectivity index is 2.25. The number of hydrogen-bond donors (Lipinski definition) is 0. The lowest BCUT2D eigenvalue weighted by molar-refractivity contribution is -0.140. The maximum Gasteiger partial charge on any atom is 0.305 e. The van der Waals surface area contributed by atoms with E-state index in [4.69, 9.17) is 0 Å². The Kier molecular flexibility index (Phi) is 6.74. The van der Waals surface area contributed by atoms with Gasteiger partial charge in [-0.3, -0.25) is 9.59 Å². The van der Waals surface area contributed by atoms with Crippen molar-refractivity contribution in [3.8, 4) is 17.2 Å². The zero-order chi connectivity index (χ0) is 19.1. The van der Waals surface area contributed by atoms with E-state index in [1.807, 2.05) is 30.3 Å². The van der Waals surface area contributed by atoms with Crippen LogP contribution in [0.15, 0.2) is 41.3 Å². The minimum Gasteiger partial charge on any atom is -0.469 e. The van der Waals surface area contributed by atoms with Crippen LogP contribution in [-0.2, 0) is 22.5 Å². The van der Waals surface area contributed by atoms with Crippen LogP contribution in [0.25, 0.3) is 11.1 Å². The van der Waals surface area contributed by atoms with E-state index in [1.165, 1.54) is 7.11 Å². The first-order valence-electron chi connectivity index (χ1n) is 8.76. The molecule has 0 unspecified atom stereocenters. The number of hydrogen-bond acceptors (Lipinski definition) is 4. The molecule has 0 aliphatic carbocycles. The summed E-state index contributed by atoms with van der Waals surface area (Å²) < 4.78 is 6.25. The van der Waals surface area contributed by atoms with Crippen molar-refractivity contribution in [2.45, 2.75) is 39.7 Å². The maximum atomic E-state index is 12.6. The first-order chi connectivity index (χ1) is 12.5. The first-order valence-corrected chi connectivity index (χ1v) is 8.76. The van der Waals surface area contributed by atoms with Gasteiger partial charge in [0.05, 0.1) is 7.11 Å². The second-order valence-corrected chi connectivity index (χ2v) is 6.67. The van der Waals surface area contributed by atoms with E-state index in [-0.39, 0.29) is 17.1 Å². The minimum atomic E-state index is -0.250. The lowest BCUT2D eigenvalue weighted by atomic mass is 9.99. The summed E-state index contributed by atoms with van der Waals surface area (Å²) in [5, 5.41) is 9.47. The standard InChI is InChI=1S/C21H24N2O3/c1-15(2)10-12-23-13-11-18(19(14-22)21(23)25)17-7-4-16(5-8-17)6-9-20(24)26-3/h4-5,7-8,11,13,15H,6,9-10,12H2,1-3H3. The summed E-state index contributed by atoms with van der Waals surface area (Å²) in [6, 6.07) is 11.4. The molecule has 2 aromatic rings. The molecule has 26 heavy (non-hydrogen) atoms. The highest BCUT2D eigenvalue weighted by atomic mass is 16.5. The Bertz CT molecular complexity index is 858. The molecule has 1 heterocycles. The largest absolute Gasteiger partial charge is 0.469 e. The third kappa shape index (κ3) is 4.82. The first kappa shape index (κ1) is 19.5. The molecule has 136 valence electrons. The number of nitrogens with zero attached hydrogens (tertiary/aromatic N) is 2. The van der Waals surface area contributed by atoms with Gasteiger partial charge in [0.15, 0.2) is 0 Å². The highest BCUT2D eigenvalue weighted by molar-refractivity contribution is 5.71. The van der Waals surface area contributed by atoms with Crippen LogP contribution >= 0.6 is 0 Å². The van der Waals surface area contributed by atoms with Gasteiger partial charge in [0.25, 0.3) is 5.56 Å². The van der Waals surface area contributed by atoms with Crippen molar-refractivity contribution in [2.75, 3.05) is 7.11 Å². The normalized spacial score (nSPS) is 10.6. The Hall–Kier alpha value is -2.87. The summed E-state index contributed by atoms with van der Waals surface area (Å²) in [6.07, 6.45) is 3.56. The maximum absolute atomic E-state index is 12.6. The summed E-state index contributed by atoms with van der Waals surface area (Å²) in [5.74, 6) is 0.246. The van der Waals surface area contributed by atoms with Crippen LogP contribution in [0.3, 0.4) is 0 Å². The number of rotatable bonds is 7. The molecule has 0 N–H and O–H groups in total. The van der Waals surface area contributed by atoms with Crippen LogP contribution in [-0.4, -0.2) is 17.6 Å². The zero-order valence-corrected chi connectivity index (χ0v) is 15.5. The summed E-state index contributed by atoms with van der Waals surface area (Å²) in [4.78, 5) is 23.8. The number of aryl methyl sites for hydroxylation is 2. The lowest BCUT2D eigenvalue weighted by Crippen LogP contribution is -2.23. The van der Waals surface area contributed by atoms with Crippen LogP contribution in [0.5, 0.6) is 0 Å². The second kappa shape index (κ2) is 9.00. The quantitative estimate of drug-likeness (QED) is 0.715. The van der Waals surface area contributed by atoms with Gasteiger partial charge in [0.1, 0.15) is 11.6 Å². The fraction of sp³-hybridized carbons (Fsp3) is 0.381. The Morgan fingerprint density at radius 2 is 1.92 bits per heavy atom. The van der Waals surface area contributed by atoms with Gasteiger partial charge >= 0.3 is 5.97 Å².